The highest BCUT2D eigenvalue weighted by Gasteiger charge is 2.14. The molecule has 17 heavy (non-hydrogen) atoms. The molecule has 0 saturated heterocycles. The lowest BCUT2D eigenvalue weighted by molar-refractivity contribution is -0.118. The fraction of sp³-hybridized carbons (Fsp3) is 0.273. The number of nitrogens with two attached hydrogens (primary N) is 2. The molecule has 0 heterocycles. The number of anilines is 2. The molecule has 0 saturated carbocycles. The van der Waals surface area contributed by atoms with Crippen LogP contribution < -0.4 is 22.1 Å². The number of hydrogen-bond acceptors (Lipinski definition) is 4. The molecular weight excluding hydrogens is 220 g/mol. The zero-order chi connectivity index (χ0) is 13.0. The summed E-state index contributed by atoms with van der Waals surface area (Å²) in [6.45, 7) is 1.61. The Morgan fingerprint density at radius 2 is 2.00 bits per heavy atom. The molecule has 0 spiro atoms. The standard InChI is InChI=1S/C11H16N4O2/c1-6(10(13)16)15-9-5-7(12)3-4-8(9)11(17)14-2/h3-6,15H,12H2,1-2H3,(H2,13,16)(H,14,17). The van der Waals surface area contributed by atoms with E-state index in [4.69, 9.17) is 11.5 Å². The Bertz CT molecular complexity index is 445. The van der Waals surface area contributed by atoms with Gasteiger partial charge in [0, 0.05) is 18.4 Å². The first-order valence-electron chi connectivity index (χ1n) is 5.13. The fourth-order valence-electron chi connectivity index (χ4n) is 1.32. The van der Waals surface area contributed by atoms with E-state index >= 15 is 0 Å². The van der Waals surface area contributed by atoms with Crippen molar-refractivity contribution < 1.29 is 9.59 Å². The van der Waals surface area contributed by atoms with Crippen LogP contribution in [0.5, 0.6) is 0 Å². The van der Waals surface area contributed by atoms with Gasteiger partial charge in [0.1, 0.15) is 6.04 Å². The van der Waals surface area contributed by atoms with Crippen LogP contribution in [0.25, 0.3) is 0 Å². The molecule has 1 unspecified atom stereocenters. The molecule has 0 aliphatic heterocycles. The zero-order valence-corrected chi connectivity index (χ0v) is 9.78. The smallest absolute Gasteiger partial charge is 0.253 e. The van der Waals surface area contributed by atoms with Crippen molar-refractivity contribution in [3.63, 3.8) is 0 Å². The van der Waals surface area contributed by atoms with Gasteiger partial charge in [0.15, 0.2) is 0 Å². The lowest BCUT2D eigenvalue weighted by atomic mass is 10.1. The van der Waals surface area contributed by atoms with Gasteiger partial charge in [-0.25, -0.2) is 0 Å². The van der Waals surface area contributed by atoms with Gasteiger partial charge in [-0.2, -0.15) is 0 Å². The second kappa shape index (κ2) is 5.20. The van der Waals surface area contributed by atoms with Crippen molar-refractivity contribution in [3.05, 3.63) is 23.8 Å². The molecule has 92 valence electrons. The van der Waals surface area contributed by atoms with Gasteiger partial charge in [0.2, 0.25) is 5.91 Å². The average molecular weight is 236 g/mol. The second-order valence-electron chi connectivity index (χ2n) is 3.65. The molecule has 0 radical (unpaired) electrons. The molecule has 0 bridgehead atoms. The van der Waals surface area contributed by atoms with Crippen molar-refractivity contribution in [3.8, 4) is 0 Å². The maximum absolute atomic E-state index is 11.6. The summed E-state index contributed by atoms with van der Waals surface area (Å²) in [4.78, 5) is 22.6. The molecule has 1 rings (SSSR count). The molecule has 6 N–H and O–H groups in total. The summed E-state index contributed by atoms with van der Waals surface area (Å²) in [5.74, 6) is -0.764. The SMILES string of the molecule is CNC(=O)c1ccc(N)cc1NC(C)C(N)=O. The summed E-state index contributed by atoms with van der Waals surface area (Å²) in [6.07, 6.45) is 0. The van der Waals surface area contributed by atoms with Gasteiger partial charge < -0.3 is 22.1 Å². The van der Waals surface area contributed by atoms with E-state index in [1.54, 1.807) is 25.1 Å². The minimum atomic E-state index is -0.583. The minimum absolute atomic E-state index is 0.260. The van der Waals surface area contributed by atoms with Gasteiger partial charge in [-0.3, -0.25) is 9.59 Å². The molecular formula is C11H16N4O2. The molecule has 1 aromatic carbocycles. The van der Waals surface area contributed by atoms with Crippen LogP contribution >= 0.6 is 0 Å². The summed E-state index contributed by atoms with van der Waals surface area (Å²) in [5, 5.41) is 5.36. The molecule has 0 fully saturated rings. The summed E-state index contributed by atoms with van der Waals surface area (Å²) in [5.41, 5.74) is 12.2. The Hall–Kier alpha value is -2.24. The van der Waals surface area contributed by atoms with Crippen LogP contribution in [0.1, 0.15) is 17.3 Å². The van der Waals surface area contributed by atoms with Crippen LogP contribution in [-0.4, -0.2) is 24.9 Å². The van der Waals surface area contributed by atoms with Crippen molar-refractivity contribution >= 4 is 23.2 Å². The van der Waals surface area contributed by atoms with Crippen molar-refractivity contribution in [2.75, 3.05) is 18.1 Å². The van der Waals surface area contributed by atoms with Crippen LogP contribution in [0.2, 0.25) is 0 Å². The molecule has 1 aromatic rings. The molecule has 1 atom stereocenters. The topological polar surface area (TPSA) is 110 Å². The maximum Gasteiger partial charge on any atom is 0.253 e. The number of nitrogens with one attached hydrogen (secondary N) is 2. The molecule has 6 heteroatoms. The Morgan fingerprint density at radius 3 is 2.53 bits per heavy atom. The number of primary amides is 1. The molecule has 0 aliphatic rings. The van der Waals surface area contributed by atoms with E-state index in [0.29, 0.717) is 16.9 Å². The number of amides is 2. The largest absolute Gasteiger partial charge is 0.399 e. The van der Waals surface area contributed by atoms with E-state index in [2.05, 4.69) is 10.6 Å². The predicted molar refractivity (Wildman–Crippen MR) is 66.5 cm³/mol. The summed E-state index contributed by atoms with van der Waals surface area (Å²) >= 11 is 0. The highest BCUT2D eigenvalue weighted by molar-refractivity contribution is 6.00. The van der Waals surface area contributed by atoms with Crippen molar-refractivity contribution in [1.82, 2.24) is 5.32 Å². The average Bonchev–Trinajstić information content (AvgIpc) is 2.28. The third-order valence-corrected chi connectivity index (χ3v) is 2.31. The zero-order valence-electron chi connectivity index (χ0n) is 9.78. The van der Waals surface area contributed by atoms with E-state index in [-0.39, 0.29) is 5.91 Å². The number of benzene rings is 1. The lowest BCUT2D eigenvalue weighted by Crippen LogP contribution is -2.33. The lowest BCUT2D eigenvalue weighted by Gasteiger charge is -2.15. The normalized spacial score (nSPS) is 11.6. The summed E-state index contributed by atoms with van der Waals surface area (Å²) < 4.78 is 0. The monoisotopic (exact) mass is 236 g/mol. The summed E-state index contributed by atoms with van der Waals surface area (Å²) in [7, 11) is 1.53. The number of carbonyl (C=O) groups excluding carboxylic acids is 2. The maximum atomic E-state index is 11.6. The first-order valence-corrected chi connectivity index (χ1v) is 5.13. The van der Waals surface area contributed by atoms with Crippen LogP contribution in [0.15, 0.2) is 18.2 Å². The Kier molecular flexibility index (Phi) is 3.92. The third-order valence-electron chi connectivity index (χ3n) is 2.31. The minimum Gasteiger partial charge on any atom is -0.399 e. The first kappa shape index (κ1) is 12.8. The second-order valence-corrected chi connectivity index (χ2v) is 3.65. The first-order chi connectivity index (χ1) is 7.95. The predicted octanol–water partition coefficient (Wildman–Crippen LogP) is -0.0859. The van der Waals surface area contributed by atoms with E-state index in [0.717, 1.165) is 0 Å². The van der Waals surface area contributed by atoms with E-state index in [9.17, 15) is 9.59 Å². The van der Waals surface area contributed by atoms with Gasteiger partial charge in [0.05, 0.1) is 5.56 Å². The number of nitrogen functional groups attached to an aromatic ring is 1. The number of hydrogen-bond donors (Lipinski definition) is 4. The van der Waals surface area contributed by atoms with Crippen LogP contribution in [0.4, 0.5) is 11.4 Å². The highest BCUT2D eigenvalue weighted by atomic mass is 16.2. The molecule has 0 aromatic heterocycles. The van der Waals surface area contributed by atoms with Crippen LogP contribution in [0, 0.1) is 0 Å². The molecule has 2 amide bonds. The third kappa shape index (κ3) is 3.10. The van der Waals surface area contributed by atoms with Gasteiger partial charge in [-0.1, -0.05) is 0 Å². The van der Waals surface area contributed by atoms with E-state index in [1.165, 1.54) is 7.05 Å². The van der Waals surface area contributed by atoms with Crippen LogP contribution in [-0.2, 0) is 4.79 Å². The molecule has 0 aliphatic carbocycles. The van der Waals surface area contributed by atoms with Gasteiger partial charge >= 0.3 is 0 Å². The number of rotatable bonds is 4. The van der Waals surface area contributed by atoms with Crippen molar-refractivity contribution in [2.24, 2.45) is 5.73 Å². The van der Waals surface area contributed by atoms with Crippen molar-refractivity contribution in [2.45, 2.75) is 13.0 Å². The number of carbonyl (C=O) groups is 2. The Morgan fingerprint density at radius 1 is 1.35 bits per heavy atom. The Balaban J connectivity index is 3.07. The Labute approximate surface area is 99.4 Å². The van der Waals surface area contributed by atoms with Gasteiger partial charge in [-0.15, -0.1) is 0 Å². The molecule has 6 nitrogen and oxygen atoms in total. The van der Waals surface area contributed by atoms with Crippen LogP contribution in [0.3, 0.4) is 0 Å². The van der Waals surface area contributed by atoms with Gasteiger partial charge in [0.25, 0.3) is 5.91 Å². The quantitative estimate of drug-likeness (QED) is 0.548. The fourth-order valence-corrected chi connectivity index (χ4v) is 1.32. The van der Waals surface area contributed by atoms with Gasteiger partial charge in [-0.05, 0) is 25.1 Å². The highest BCUT2D eigenvalue weighted by Crippen LogP contribution is 2.20. The van der Waals surface area contributed by atoms with Crippen molar-refractivity contribution in [1.29, 1.82) is 0 Å². The van der Waals surface area contributed by atoms with E-state index in [1.807, 2.05) is 0 Å². The summed E-state index contributed by atoms with van der Waals surface area (Å²) in [6, 6.07) is 4.21. The van der Waals surface area contributed by atoms with E-state index < -0.39 is 11.9 Å².